The Hall–Kier alpha value is -0.970. The lowest BCUT2D eigenvalue weighted by Gasteiger charge is -2.24. The van der Waals surface area contributed by atoms with E-state index in [2.05, 4.69) is 0 Å². The Morgan fingerprint density at radius 3 is 2.80 bits per heavy atom. The lowest BCUT2D eigenvalue weighted by Crippen LogP contribution is -2.39. The molecule has 0 saturated carbocycles. The fourth-order valence-electron chi connectivity index (χ4n) is 1.71. The summed E-state index contributed by atoms with van der Waals surface area (Å²) in [5, 5.41) is -0.0786. The van der Waals surface area contributed by atoms with Gasteiger partial charge in [0.25, 0.3) is 0 Å². The minimum Gasteiger partial charge on any atom is -0.318 e. The van der Waals surface area contributed by atoms with Crippen LogP contribution in [-0.2, 0) is 4.84 Å². The number of halogens is 1. The van der Waals surface area contributed by atoms with E-state index in [1.807, 2.05) is 6.92 Å². The number of amides is 2. The number of rotatable bonds is 1. The quantitative estimate of drug-likeness (QED) is 0.397. The molecule has 0 aliphatic carbocycles. The third-order valence-electron chi connectivity index (χ3n) is 2.55. The first kappa shape index (κ1) is 12.1. The molecule has 1 saturated heterocycles. The summed E-state index contributed by atoms with van der Waals surface area (Å²) in [6.07, 6.45) is 2.36. The molecule has 1 rings (SSSR count). The molecule has 5 nitrogen and oxygen atoms in total. The maximum absolute atomic E-state index is 11.6. The van der Waals surface area contributed by atoms with Crippen LogP contribution in [0.1, 0.15) is 26.2 Å². The van der Waals surface area contributed by atoms with Crippen LogP contribution in [-0.4, -0.2) is 41.1 Å². The first-order chi connectivity index (χ1) is 7.06. The van der Waals surface area contributed by atoms with Crippen molar-refractivity contribution in [1.29, 1.82) is 0 Å². The normalized spacial score (nSPS) is 20.2. The molecule has 1 atom stereocenters. The number of nitrogens with zero attached hydrogens (tertiary/aromatic N) is 2. The second-order valence-corrected chi connectivity index (χ2v) is 3.83. The van der Waals surface area contributed by atoms with Crippen molar-refractivity contribution in [1.82, 2.24) is 9.96 Å². The molecule has 0 aromatic rings. The van der Waals surface area contributed by atoms with Crippen LogP contribution in [0.3, 0.4) is 0 Å². The van der Waals surface area contributed by atoms with Gasteiger partial charge in [0.15, 0.2) is 0 Å². The fraction of sp³-hybridized carbons (Fsp3) is 0.778. The monoisotopic (exact) mass is 234 g/mol. The third-order valence-corrected chi connectivity index (χ3v) is 2.78. The second-order valence-electron chi connectivity index (χ2n) is 3.51. The predicted octanol–water partition coefficient (Wildman–Crippen LogP) is 2.20. The van der Waals surface area contributed by atoms with Crippen molar-refractivity contribution in [3.63, 3.8) is 0 Å². The van der Waals surface area contributed by atoms with E-state index in [9.17, 15) is 9.59 Å². The van der Waals surface area contributed by atoms with Crippen molar-refractivity contribution in [2.24, 2.45) is 0 Å². The zero-order valence-corrected chi connectivity index (χ0v) is 9.66. The Kier molecular flexibility index (Phi) is 4.20. The molecule has 0 bridgehead atoms. The Balaban J connectivity index is 2.49. The van der Waals surface area contributed by atoms with E-state index < -0.39 is 11.5 Å². The highest BCUT2D eigenvalue weighted by Gasteiger charge is 2.29. The highest BCUT2D eigenvalue weighted by Crippen LogP contribution is 2.20. The van der Waals surface area contributed by atoms with Crippen LogP contribution < -0.4 is 0 Å². The standard InChI is InChI=1S/C9H15ClN2O3/c1-3-7-5-4-6-12(7)9(14)15-11(2)8(10)13/h7H,3-6H2,1-2H3. The predicted molar refractivity (Wildman–Crippen MR) is 55.5 cm³/mol. The molecule has 0 aromatic heterocycles. The minimum atomic E-state index is -0.810. The molecule has 0 aromatic carbocycles. The van der Waals surface area contributed by atoms with E-state index in [0.717, 1.165) is 24.3 Å². The summed E-state index contributed by atoms with van der Waals surface area (Å²) in [4.78, 5) is 28.6. The van der Waals surface area contributed by atoms with Gasteiger partial charge in [0.1, 0.15) is 0 Å². The van der Waals surface area contributed by atoms with Crippen LogP contribution in [0.5, 0.6) is 0 Å². The summed E-state index contributed by atoms with van der Waals surface area (Å²) >= 11 is 5.14. The van der Waals surface area contributed by atoms with E-state index in [0.29, 0.717) is 6.54 Å². The first-order valence-corrected chi connectivity index (χ1v) is 5.35. The minimum absolute atomic E-state index is 0.219. The van der Waals surface area contributed by atoms with Crippen molar-refractivity contribution in [2.75, 3.05) is 13.6 Å². The molecule has 1 aliphatic rings. The lowest BCUT2D eigenvalue weighted by atomic mass is 10.2. The van der Waals surface area contributed by atoms with Gasteiger partial charge < -0.3 is 9.74 Å². The molecule has 86 valence electrons. The van der Waals surface area contributed by atoms with Crippen molar-refractivity contribution in [3.05, 3.63) is 0 Å². The van der Waals surface area contributed by atoms with Crippen LogP contribution >= 0.6 is 11.6 Å². The van der Waals surface area contributed by atoms with Crippen LogP contribution in [0.15, 0.2) is 0 Å². The molecule has 1 fully saturated rings. The molecule has 15 heavy (non-hydrogen) atoms. The zero-order valence-electron chi connectivity index (χ0n) is 8.90. The number of hydrogen-bond acceptors (Lipinski definition) is 3. The average Bonchev–Trinajstić information content (AvgIpc) is 2.64. The van der Waals surface area contributed by atoms with Crippen LogP contribution in [0.25, 0.3) is 0 Å². The number of hydroxylamine groups is 2. The Labute approximate surface area is 93.9 Å². The van der Waals surface area contributed by atoms with Gasteiger partial charge in [-0.15, -0.1) is 0 Å². The lowest BCUT2D eigenvalue weighted by molar-refractivity contribution is -0.0483. The van der Waals surface area contributed by atoms with Crippen LogP contribution in [0, 0.1) is 0 Å². The SMILES string of the molecule is CCC1CCCN1C(=O)ON(C)C(=O)Cl. The Morgan fingerprint density at radius 2 is 2.27 bits per heavy atom. The molecule has 0 N–H and O–H groups in total. The van der Waals surface area contributed by atoms with Gasteiger partial charge in [0, 0.05) is 19.6 Å². The summed E-state index contributed by atoms with van der Waals surface area (Å²) in [7, 11) is 1.31. The molecule has 1 heterocycles. The first-order valence-electron chi connectivity index (χ1n) is 4.98. The van der Waals surface area contributed by atoms with Crippen molar-refractivity contribution >= 4 is 23.1 Å². The van der Waals surface area contributed by atoms with Gasteiger partial charge in [0.05, 0.1) is 0 Å². The van der Waals surface area contributed by atoms with E-state index >= 15 is 0 Å². The molecule has 2 amide bonds. The van der Waals surface area contributed by atoms with Crippen molar-refractivity contribution in [2.45, 2.75) is 32.2 Å². The van der Waals surface area contributed by atoms with Gasteiger partial charge in [-0.25, -0.2) is 4.79 Å². The topological polar surface area (TPSA) is 49.9 Å². The van der Waals surface area contributed by atoms with Gasteiger partial charge in [-0.3, -0.25) is 4.79 Å². The van der Waals surface area contributed by atoms with E-state index in [1.165, 1.54) is 7.05 Å². The Bertz CT molecular complexity index is 260. The largest absolute Gasteiger partial charge is 0.434 e. The third kappa shape index (κ3) is 2.99. The second kappa shape index (κ2) is 5.21. The molecule has 0 radical (unpaired) electrons. The summed E-state index contributed by atoms with van der Waals surface area (Å²) in [5.74, 6) is 0. The zero-order chi connectivity index (χ0) is 11.4. The number of carbonyl (C=O) groups is 2. The maximum Gasteiger partial charge on any atom is 0.434 e. The van der Waals surface area contributed by atoms with E-state index in [4.69, 9.17) is 16.4 Å². The van der Waals surface area contributed by atoms with Gasteiger partial charge in [0.2, 0.25) is 0 Å². The number of likely N-dealkylation sites (tertiary alicyclic amines) is 1. The highest BCUT2D eigenvalue weighted by molar-refractivity contribution is 6.62. The van der Waals surface area contributed by atoms with E-state index in [1.54, 1.807) is 4.90 Å². The van der Waals surface area contributed by atoms with Gasteiger partial charge in [-0.2, -0.15) is 5.06 Å². The maximum atomic E-state index is 11.6. The Morgan fingerprint density at radius 1 is 1.60 bits per heavy atom. The average molecular weight is 235 g/mol. The summed E-state index contributed by atoms with van der Waals surface area (Å²) in [5.41, 5.74) is 0. The van der Waals surface area contributed by atoms with E-state index in [-0.39, 0.29) is 6.04 Å². The summed E-state index contributed by atoms with van der Waals surface area (Å²) in [6.45, 7) is 2.70. The van der Waals surface area contributed by atoms with Gasteiger partial charge in [-0.1, -0.05) is 6.92 Å². The molecule has 1 unspecified atom stereocenters. The molecule has 1 aliphatic heterocycles. The van der Waals surface area contributed by atoms with Gasteiger partial charge >= 0.3 is 11.5 Å². The highest BCUT2D eigenvalue weighted by atomic mass is 35.5. The van der Waals surface area contributed by atoms with Crippen LogP contribution in [0.2, 0.25) is 0 Å². The van der Waals surface area contributed by atoms with Gasteiger partial charge in [-0.05, 0) is 30.9 Å². The fourth-order valence-corrected chi connectivity index (χ4v) is 1.74. The molecule has 0 spiro atoms. The number of hydrogen-bond donors (Lipinski definition) is 0. The van der Waals surface area contributed by atoms with Crippen molar-refractivity contribution in [3.8, 4) is 0 Å². The summed E-state index contributed by atoms with van der Waals surface area (Å²) in [6, 6.07) is 0.219. The number of carbonyl (C=O) groups excluding carboxylic acids is 2. The molecule has 6 heteroatoms. The molecular weight excluding hydrogens is 220 g/mol. The van der Waals surface area contributed by atoms with Crippen LogP contribution in [0.4, 0.5) is 9.59 Å². The smallest absolute Gasteiger partial charge is 0.318 e. The summed E-state index contributed by atoms with van der Waals surface area (Å²) < 4.78 is 0. The molecular formula is C9H15ClN2O3. The van der Waals surface area contributed by atoms with Crippen molar-refractivity contribution < 1.29 is 14.4 Å².